The van der Waals surface area contributed by atoms with Crippen molar-refractivity contribution in [1.29, 1.82) is 0 Å². The number of anilines is 2. The van der Waals surface area contributed by atoms with Crippen molar-refractivity contribution in [1.82, 2.24) is 5.32 Å². The average Bonchev–Trinajstić information content (AvgIpc) is 3.03. The van der Waals surface area contributed by atoms with Crippen LogP contribution in [0.1, 0.15) is 22.8 Å². The summed E-state index contributed by atoms with van der Waals surface area (Å²) in [5, 5.41) is 7.84. The summed E-state index contributed by atoms with van der Waals surface area (Å²) in [6, 6.07) is 26.2. The lowest BCUT2D eigenvalue weighted by atomic mass is 10.1. The molecule has 0 bridgehead atoms. The molecule has 4 rings (SSSR count). The number of rotatable bonds is 11. The molecule has 0 saturated carbocycles. The Morgan fingerprint density at radius 2 is 1.47 bits per heavy atom. The molecule has 3 amide bonds. The molecule has 0 spiro atoms. The van der Waals surface area contributed by atoms with Crippen LogP contribution in [0, 0.1) is 5.82 Å². The van der Waals surface area contributed by atoms with Gasteiger partial charge >= 0.3 is 0 Å². The highest BCUT2D eigenvalue weighted by Crippen LogP contribution is 2.28. The number of ether oxygens (including phenoxy) is 2. The Morgan fingerprint density at radius 3 is 2.12 bits per heavy atom. The number of thioether (sulfide) groups is 1. The molecule has 1 atom stereocenters. The van der Waals surface area contributed by atoms with Crippen LogP contribution in [-0.4, -0.2) is 37.2 Å². The number of halogens is 1. The Bertz CT molecular complexity index is 1610. The molecule has 0 radical (unpaired) electrons. The zero-order chi connectivity index (χ0) is 30.8. The molecular weight excluding hydrogens is 569 g/mol. The van der Waals surface area contributed by atoms with E-state index in [-0.39, 0.29) is 17.4 Å². The Morgan fingerprint density at radius 1 is 0.814 bits per heavy atom. The average molecular weight is 600 g/mol. The van der Waals surface area contributed by atoms with Crippen molar-refractivity contribution in [3.8, 4) is 11.5 Å². The van der Waals surface area contributed by atoms with Gasteiger partial charge in [0, 0.05) is 27.4 Å². The second kappa shape index (κ2) is 14.7. The Labute approximate surface area is 253 Å². The van der Waals surface area contributed by atoms with Gasteiger partial charge in [0.25, 0.3) is 11.8 Å². The van der Waals surface area contributed by atoms with E-state index in [1.807, 2.05) is 0 Å². The standard InChI is InChI=1S/C33H30FN3O5S/c1-21(31(38)35-25-11-9-24(34)10-12-25)43-28-16-13-26(14-17-28)36-33(40)29(37-32(39)22-7-5-4-6-8-22)20-23-19-27(41-2)15-18-30(23)42-3/h4-21H,1-3H3,(H,35,38)(H,36,40)(H,37,39)/b29-20-. The molecule has 8 nitrogen and oxygen atoms in total. The predicted octanol–water partition coefficient (Wildman–Crippen LogP) is 6.37. The van der Waals surface area contributed by atoms with E-state index in [1.54, 1.807) is 79.7 Å². The van der Waals surface area contributed by atoms with E-state index in [9.17, 15) is 18.8 Å². The highest BCUT2D eigenvalue weighted by atomic mass is 32.2. The lowest BCUT2D eigenvalue weighted by Crippen LogP contribution is -2.30. The number of amides is 3. The molecule has 0 aliphatic rings. The fraction of sp³-hybridized carbons (Fsp3) is 0.121. The minimum Gasteiger partial charge on any atom is -0.497 e. The van der Waals surface area contributed by atoms with Gasteiger partial charge in [0.05, 0.1) is 19.5 Å². The van der Waals surface area contributed by atoms with Crippen molar-refractivity contribution in [3.63, 3.8) is 0 Å². The van der Waals surface area contributed by atoms with Gasteiger partial charge in [0.1, 0.15) is 23.0 Å². The zero-order valence-electron chi connectivity index (χ0n) is 23.7. The summed E-state index contributed by atoms with van der Waals surface area (Å²) in [7, 11) is 3.04. The van der Waals surface area contributed by atoms with Crippen LogP contribution in [0.2, 0.25) is 0 Å². The van der Waals surface area contributed by atoms with E-state index in [4.69, 9.17) is 9.47 Å². The predicted molar refractivity (Wildman–Crippen MR) is 167 cm³/mol. The Kier molecular flexibility index (Phi) is 10.5. The lowest BCUT2D eigenvalue weighted by molar-refractivity contribution is -0.115. The fourth-order valence-electron chi connectivity index (χ4n) is 3.90. The van der Waals surface area contributed by atoms with E-state index in [1.165, 1.54) is 56.3 Å². The van der Waals surface area contributed by atoms with E-state index >= 15 is 0 Å². The van der Waals surface area contributed by atoms with E-state index in [0.29, 0.717) is 34.0 Å². The maximum absolute atomic E-state index is 13.4. The second-order valence-corrected chi connectivity index (χ2v) is 10.6. The number of nitrogens with one attached hydrogen (secondary N) is 3. The van der Waals surface area contributed by atoms with Crippen LogP contribution in [0.4, 0.5) is 15.8 Å². The first-order chi connectivity index (χ1) is 20.7. The number of carbonyl (C=O) groups is 3. The first-order valence-electron chi connectivity index (χ1n) is 13.2. The van der Waals surface area contributed by atoms with Gasteiger partial charge < -0.3 is 25.4 Å². The van der Waals surface area contributed by atoms with Crippen molar-refractivity contribution in [2.45, 2.75) is 17.1 Å². The smallest absolute Gasteiger partial charge is 0.272 e. The highest BCUT2D eigenvalue weighted by Gasteiger charge is 2.18. The minimum absolute atomic E-state index is 0.00931. The van der Waals surface area contributed by atoms with Gasteiger partial charge in [-0.3, -0.25) is 14.4 Å². The molecule has 1 unspecified atom stereocenters. The molecule has 43 heavy (non-hydrogen) atoms. The summed E-state index contributed by atoms with van der Waals surface area (Å²) in [4.78, 5) is 39.8. The van der Waals surface area contributed by atoms with Gasteiger partial charge in [0.2, 0.25) is 5.91 Å². The van der Waals surface area contributed by atoms with E-state index in [2.05, 4.69) is 16.0 Å². The van der Waals surface area contributed by atoms with Crippen molar-refractivity contribution < 1.29 is 28.2 Å². The maximum Gasteiger partial charge on any atom is 0.272 e. The van der Waals surface area contributed by atoms with Crippen LogP contribution < -0.4 is 25.4 Å². The Balaban J connectivity index is 1.49. The number of carbonyl (C=O) groups excluding carboxylic acids is 3. The van der Waals surface area contributed by atoms with Crippen LogP contribution in [0.15, 0.2) is 108 Å². The third kappa shape index (κ3) is 8.70. The summed E-state index contributed by atoms with van der Waals surface area (Å²) >= 11 is 1.33. The normalized spacial score (nSPS) is 11.7. The minimum atomic E-state index is -0.554. The molecule has 220 valence electrons. The van der Waals surface area contributed by atoms with Crippen LogP contribution in [-0.2, 0) is 9.59 Å². The molecule has 0 aromatic heterocycles. The number of benzene rings is 4. The van der Waals surface area contributed by atoms with Gasteiger partial charge in [-0.15, -0.1) is 11.8 Å². The monoisotopic (exact) mass is 599 g/mol. The molecular formula is C33H30FN3O5S. The van der Waals surface area contributed by atoms with Crippen LogP contribution in [0.3, 0.4) is 0 Å². The zero-order valence-corrected chi connectivity index (χ0v) is 24.5. The second-order valence-electron chi connectivity index (χ2n) is 9.22. The summed E-state index contributed by atoms with van der Waals surface area (Å²) in [5.74, 6) is -0.585. The molecule has 3 N–H and O–H groups in total. The third-order valence-corrected chi connectivity index (χ3v) is 7.28. The van der Waals surface area contributed by atoms with E-state index < -0.39 is 17.1 Å². The fourth-order valence-corrected chi connectivity index (χ4v) is 4.77. The summed E-state index contributed by atoms with van der Waals surface area (Å²) in [5.41, 5.74) is 1.89. The van der Waals surface area contributed by atoms with Crippen molar-refractivity contribution in [3.05, 3.63) is 120 Å². The highest BCUT2D eigenvalue weighted by molar-refractivity contribution is 8.00. The first kappa shape index (κ1) is 30.9. The van der Waals surface area contributed by atoms with E-state index in [0.717, 1.165) is 4.90 Å². The van der Waals surface area contributed by atoms with Gasteiger partial charge in [-0.2, -0.15) is 0 Å². The van der Waals surface area contributed by atoms with Crippen LogP contribution >= 0.6 is 11.8 Å². The van der Waals surface area contributed by atoms with Crippen molar-refractivity contribution in [2.75, 3.05) is 24.9 Å². The van der Waals surface area contributed by atoms with Gasteiger partial charge in [-0.05, 0) is 91.9 Å². The molecule has 0 saturated heterocycles. The first-order valence-corrected chi connectivity index (χ1v) is 14.1. The lowest BCUT2D eigenvalue weighted by Gasteiger charge is -2.14. The third-order valence-electron chi connectivity index (χ3n) is 6.17. The van der Waals surface area contributed by atoms with Crippen LogP contribution in [0.5, 0.6) is 11.5 Å². The summed E-state index contributed by atoms with van der Waals surface area (Å²) < 4.78 is 23.9. The van der Waals surface area contributed by atoms with Gasteiger partial charge in [-0.25, -0.2) is 4.39 Å². The van der Waals surface area contributed by atoms with Crippen LogP contribution in [0.25, 0.3) is 6.08 Å². The van der Waals surface area contributed by atoms with Crippen molar-refractivity contribution in [2.24, 2.45) is 0 Å². The number of hydrogen-bond donors (Lipinski definition) is 3. The summed E-state index contributed by atoms with van der Waals surface area (Å²) in [6.45, 7) is 1.76. The Hall–Kier alpha value is -5.09. The maximum atomic E-state index is 13.4. The quantitative estimate of drug-likeness (QED) is 0.137. The van der Waals surface area contributed by atoms with Crippen molar-refractivity contribution >= 4 is 46.9 Å². The molecule has 4 aromatic rings. The topological polar surface area (TPSA) is 106 Å². The van der Waals surface area contributed by atoms with Gasteiger partial charge in [-0.1, -0.05) is 18.2 Å². The molecule has 4 aromatic carbocycles. The largest absolute Gasteiger partial charge is 0.497 e. The SMILES string of the molecule is COc1ccc(OC)c(/C=C(\NC(=O)c2ccccc2)C(=O)Nc2ccc(SC(C)C(=O)Nc3ccc(F)cc3)cc2)c1. The number of hydrogen-bond acceptors (Lipinski definition) is 6. The molecule has 0 heterocycles. The molecule has 0 fully saturated rings. The molecule has 0 aliphatic carbocycles. The number of methoxy groups -OCH3 is 2. The summed E-state index contributed by atoms with van der Waals surface area (Å²) in [6.07, 6.45) is 1.52. The molecule has 10 heteroatoms. The van der Waals surface area contributed by atoms with Gasteiger partial charge in [0.15, 0.2) is 0 Å². The molecule has 0 aliphatic heterocycles.